The Hall–Kier alpha value is -4.14. The molecule has 3 aromatic rings. The molecule has 9 nitrogen and oxygen atoms in total. The third-order valence-electron chi connectivity index (χ3n) is 5.83. The van der Waals surface area contributed by atoms with Crippen molar-refractivity contribution in [1.29, 1.82) is 0 Å². The van der Waals surface area contributed by atoms with Gasteiger partial charge >= 0.3 is 12.0 Å². The molecule has 0 bridgehead atoms. The molecule has 2 N–H and O–H groups in total. The summed E-state index contributed by atoms with van der Waals surface area (Å²) in [4.78, 5) is 47.5. The number of nitrogens with one attached hydrogen (secondary N) is 2. The highest BCUT2D eigenvalue weighted by Gasteiger charge is 2.26. The van der Waals surface area contributed by atoms with E-state index < -0.39 is 12.0 Å². The van der Waals surface area contributed by atoms with Crippen LogP contribution in [-0.2, 0) is 20.9 Å². The number of carbonyl (C=O) groups excluding carboxylic acids is 3. The number of anilines is 1. The summed E-state index contributed by atoms with van der Waals surface area (Å²) in [6.07, 6.45) is 4.78. The molecular formula is C25H27N5O4. The molecule has 1 aromatic carbocycles. The van der Waals surface area contributed by atoms with Gasteiger partial charge in [0.25, 0.3) is 0 Å². The van der Waals surface area contributed by atoms with Gasteiger partial charge in [-0.1, -0.05) is 18.2 Å². The van der Waals surface area contributed by atoms with Gasteiger partial charge in [-0.2, -0.15) is 0 Å². The Kier molecular flexibility index (Phi) is 6.62. The number of aromatic amines is 1. The number of amides is 3. The van der Waals surface area contributed by atoms with E-state index >= 15 is 0 Å². The first kappa shape index (κ1) is 23.0. The number of rotatable bonds is 7. The van der Waals surface area contributed by atoms with Crippen molar-refractivity contribution < 1.29 is 19.1 Å². The van der Waals surface area contributed by atoms with Crippen molar-refractivity contribution in [3.05, 3.63) is 65.5 Å². The van der Waals surface area contributed by atoms with Gasteiger partial charge in [0.15, 0.2) is 0 Å². The summed E-state index contributed by atoms with van der Waals surface area (Å²) in [6, 6.07) is 11.3. The number of aromatic nitrogens is 2. The zero-order chi connectivity index (χ0) is 24.2. The highest BCUT2D eigenvalue weighted by molar-refractivity contribution is 5.94. The molecule has 3 heterocycles. The Labute approximate surface area is 197 Å². The van der Waals surface area contributed by atoms with E-state index in [1.807, 2.05) is 37.3 Å². The quantitative estimate of drug-likeness (QED) is 0.412. The van der Waals surface area contributed by atoms with E-state index in [1.54, 1.807) is 31.1 Å². The highest BCUT2D eigenvalue weighted by atomic mass is 16.5. The van der Waals surface area contributed by atoms with Crippen molar-refractivity contribution >= 4 is 40.7 Å². The number of H-pyrrole nitrogens is 1. The lowest BCUT2D eigenvalue weighted by molar-refractivity contribution is -0.143. The van der Waals surface area contributed by atoms with E-state index in [0.717, 1.165) is 22.2 Å². The van der Waals surface area contributed by atoms with Gasteiger partial charge in [-0.05, 0) is 49.1 Å². The van der Waals surface area contributed by atoms with Crippen LogP contribution in [0, 0.1) is 0 Å². The maximum Gasteiger partial charge on any atom is 0.325 e. The number of ether oxygens (including phenoxy) is 1. The number of hydrogen-bond donors (Lipinski definition) is 2. The van der Waals surface area contributed by atoms with Gasteiger partial charge in [0.2, 0.25) is 5.91 Å². The number of likely N-dealkylation sites (N-methyl/N-ethyl adjacent to an activating group) is 1. The zero-order valence-electron chi connectivity index (χ0n) is 19.4. The van der Waals surface area contributed by atoms with Crippen LogP contribution in [0.4, 0.5) is 10.6 Å². The Bertz CT molecular complexity index is 1230. The molecule has 0 spiro atoms. The second-order valence-electron chi connectivity index (χ2n) is 8.14. The summed E-state index contributed by atoms with van der Waals surface area (Å²) in [5.74, 6) is -0.179. The summed E-state index contributed by atoms with van der Waals surface area (Å²) in [7, 11) is 1.76. The predicted octanol–water partition coefficient (Wildman–Crippen LogP) is 3.71. The number of pyridine rings is 1. The molecule has 0 aliphatic carbocycles. The maximum atomic E-state index is 12.8. The fraction of sp³-hybridized carbons (Fsp3) is 0.280. The third kappa shape index (κ3) is 4.93. The van der Waals surface area contributed by atoms with Crippen molar-refractivity contribution in [2.24, 2.45) is 0 Å². The first-order valence-corrected chi connectivity index (χ1v) is 11.1. The Morgan fingerprint density at radius 1 is 1.29 bits per heavy atom. The fourth-order valence-electron chi connectivity index (χ4n) is 3.81. The molecule has 1 aliphatic rings. The molecule has 1 unspecified atom stereocenters. The molecule has 1 atom stereocenters. The first-order valence-electron chi connectivity index (χ1n) is 11.1. The van der Waals surface area contributed by atoms with Gasteiger partial charge in [0.1, 0.15) is 12.4 Å². The lowest BCUT2D eigenvalue weighted by atomic mass is 10.1. The van der Waals surface area contributed by atoms with Crippen molar-refractivity contribution in [3.8, 4) is 0 Å². The lowest BCUT2D eigenvalue weighted by Crippen LogP contribution is -2.42. The van der Waals surface area contributed by atoms with Gasteiger partial charge < -0.3 is 19.5 Å². The summed E-state index contributed by atoms with van der Waals surface area (Å²) >= 11 is 0. The molecule has 9 heteroatoms. The molecule has 176 valence electrons. The summed E-state index contributed by atoms with van der Waals surface area (Å²) in [5.41, 5.74) is 3.45. The average molecular weight is 462 g/mol. The second kappa shape index (κ2) is 9.78. The van der Waals surface area contributed by atoms with Gasteiger partial charge in [-0.3, -0.25) is 14.9 Å². The Morgan fingerprint density at radius 3 is 2.85 bits per heavy atom. The first-order chi connectivity index (χ1) is 16.4. The van der Waals surface area contributed by atoms with Crippen molar-refractivity contribution in [1.82, 2.24) is 19.8 Å². The molecular weight excluding hydrogens is 434 g/mol. The summed E-state index contributed by atoms with van der Waals surface area (Å²) < 4.78 is 4.93. The highest BCUT2D eigenvalue weighted by Crippen LogP contribution is 2.25. The monoisotopic (exact) mass is 461 g/mol. The van der Waals surface area contributed by atoms with E-state index in [-0.39, 0.29) is 31.6 Å². The number of esters is 1. The van der Waals surface area contributed by atoms with Crippen LogP contribution in [0.2, 0.25) is 0 Å². The number of hydrogen-bond acceptors (Lipinski definition) is 5. The number of nitrogens with zero attached hydrogens (tertiary/aromatic N) is 3. The minimum absolute atomic E-state index is 0.141. The normalized spacial score (nSPS) is 14.1. The minimum atomic E-state index is -0.470. The van der Waals surface area contributed by atoms with Crippen molar-refractivity contribution in [3.63, 3.8) is 0 Å². The van der Waals surface area contributed by atoms with E-state index in [1.165, 1.54) is 11.0 Å². The molecule has 1 aliphatic heterocycles. The molecule has 0 saturated carbocycles. The molecule has 0 fully saturated rings. The number of urea groups is 1. The Morgan fingerprint density at radius 2 is 2.09 bits per heavy atom. The second-order valence-corrected chi connectivity index (χ2v) is 8.14. The van der Waals surface area contributed by atoms with E-state index in [2.05, 4.69) is 21.4 Å². The van der Waals surface area contributed by atoms with E-state index in [4.69, 9.17) is 4.74 Å². The largest absolute Gasteiger partial charge is 0.465 e. The topological polar surface area (TPSA) is 108 Å². The van der Waals surface area contributed by atoms with Crippen LogP contribution >= 0.6 is 0 Å². The van der Waals surface area contributed by atoms with E-state index in [0.29, 0.717) is 11.4 Å². The Balaban J connectivity index is 1.43. The molecule has 34 heavy (non-hydrogen) atoms. The number of para-hydroxylation sites is 1. The van der Waals surface area contributed by atoms with E-state index in [9.17, 15) is 14.4 Å². The van der Waals surface area contributed by atoms with Crippen molar-refractivity contribution in [2.45, 2.75) is 26.4 Å². The summed E-state index contributed by atoms with van der Waals surface area (Å²) in [6.45, 7) is 4.01. The molecule has 3 amide bonds. The van der Waals surface area contributed by atoms with Crippen LogP contribution in [0.3, 0.4) is 0 Å². The minimum Gasteiger partial charge on any atom is -0.465 e. The van der Waals surface area contributed by atoms with Crippen LogP contribution in [0.5, 0.6) is 0 Å². The van der Waals surface area contributed by atoms with Gasteiger partial charge in [0.05, 0.1) is 19.2 Å². The van der Waals surface area contributed by atoms with Crippen LogP contribution in [0.1, 0.15) is 36.7 Å². The number of carbonyl (C=O) groups is 3. The van der Waals surface area contributed by atoms with Crippen LogP contribution in [0.25, 0.3) is 17.0 Å². The molecule has 0 saturated heterocycles. The predicted molar refractivity (Wildman–Crippen MR) is 129 cm³/mol. The molecule has 0 radical (unpaired) electrons. The van der Waals surface area contributed by atoms with Crippen LogP contribution in [0.15, 0.2) is 48.7 Å². The average Bonchev–Trinajstić information content (AvgIpc) is 3.26. The molecule has 4 rings (SSSR count). The van der Waals surface area contributed by atoms with Crippen molar-refractivity contribution in [2.75, 3.05) is 25.5 Å². The van der Waals surface area contributed by atoms with Gasteiger partial charge in [-0.15, -0.1) is 0 Å². The number of fused-ring (bicyclic) bond motifs is 2. The zero-order valence-corrected chi connectivity index (χ0v) is 19.4. The summed E-state index contributed by atoms with van der Waals surface area (Å²) in [5, 5.41) is 3.78. The standard InChI is InChI=1S/C25H27N5O4/c1-4-34-23(32)15-30-14-19-11-17(13-26-24(19)28-25(30)33)9-10-22(31)29(3)16(2)21-12-18-7-5-6-8-20(18)27-21/h5-13,16,27H,4,14-15H2,1-3H3,(H,26,28,33)/b10-9+. The fourth-order valence-corrected chi connectivity index (χ4v) is 3.81. The molecule has 2 aromatic heterocycles. The lowest BCUT2D eigenvalue weighted by Gasteiger charge is -2.28. The SMILES string of the molecule is CCOC(=O)CN1Cc2cc(/C=C/C(=O)N(C)C(C)c3cc4ccccc4[nH]3)cnc2NC1=O. The number of benzene rings is 1. The van der Waals surface area contributed by atoms with Crippen LogP contribution < -0.4 is 5.32 Å². The third-order valence-corrected chi connectivity index (χ3v) is 5.83. The maximum absolute atomic E-state index is 12.8. The smallest absolute Gasteiger partial charge is 0.325 e. The van der Waals surface area contributed by atoms with Gasteiger partial charge in [0, 0.05) is 36.1 Å². The van der Waals surface area contributed by atoms with Crippen LogP contribution in [-0.4, -0.2) is 57.9 Å². The van der Waals surface area contributed by atoms with Gasteiger partial charge in [-0.25, -0.2) is 9.78 Å².